The number of hydrogen-bond donors (Lipinski definition) is 3. The zero-order valence-corrected chi connectivity index (χ0v) is 39.3. The van der Waals surface area contributed by atoms with Gasteiger partial charge in [-0.2, -0.15) is 21.4 Å². The molecule has 0 radical (unpaired) electrons. The van der Waals surface area contributed by atoms with Crippen LogP contribution in [0.2, 0.25) is 0 Å². The summed E-state index contributed by atoms with van der Waals surface area (Å²) in [5.41, 5.74) is 0.981. The molecule has 55 heavy (non-hydrogen) atoms. The number of aryl methyl sites for hydroxylation is 1. The van der Waals surface area contributed by atoms with Gasteiger partial charge >= 0.3 is 5.97 Å². The maximum Gasteiger partial charge on any atom is 0.303 e. The van der Waals surface area contributed by atoms with Crippen LogP contribution in [0.15, 0.2) is 71.3 Å². The minimum absolute atomic E-state index is 0.0334. The van der Waals surface area contributed by atoms with Crippen LogP contribution in [0.1, 0.15) is 69.4 Å². The molecule has 0 fully saturated rings. The van der Waals surface area contributed by atoms with E-state index in [9.17, 15) is 48.8 Å². The lowest BCUT2D eigenvalue weighted by Gasteiger charge is -2.34. The smallest absolute Gasteiger partial charge is 0.303 e. The Bertz CT molecular complexity index is 2410. The molecular formula is C35H39I3N2O11S4. The molecule has 0 saturated carbocycles. The van der Waals surface area contributed by atoms with Gasteiger partial charge in [-0.1, -0.05) is 61.5 Å². The number of allylic oxidation sites excluding steroid dienone is 7. The van der Waals surface area contributed by atoms with Crippen LogP contribution < -0.4 is 9.47 Å². The first-order chi connectivity index (χ1) is 25.6. The van der Waals surface area contributed by atoms with Crippen LogP contribution in [0.5, 0.6) is 0 Å². The van der Waals surface area contributed by atoms with E-state index in [-0.39, 0.29) is 31.4 Å². The molecule has 2 atom stereocenters. The topological polar surface area (TPSA) is 210 Å². The molecule has 2 unspecified atom stereocenters. The minimum atomic E-state index is -4.88. The highest BCUT2D eigenvalue weighted by atomic mass is 127. The third kappa shape index (κ3) is 11.6. The van der Waals surface area contributed by atoms with Gasteiger partial charge in [0, 0.05) is 48.9 Å². The number of benzene rings is 2. The standard InChI is InChI=1S/C35H39I3N2O11S4/c1-3-12-30(55(49,50)51)40-26-17-16-23(54(46,47)48)21-24(26)35(2,18-10-9-15-31(41)42)28(40)13-7-5-4-6-8-14-29-39(19-11-20-53(43,44)45)27-22-25(36)32(37)33(38)34(27)52-29/h4-8,13-14,16-17,21-22,30H,3,9-12,15,18-20H2,1-2H3,(H3-,41,42,43,44,45,46,47,48,49,50,51). The molecule has 3 N–H and O–H groups in total. The fourth-order valence-electron chi connectivity index (χ4n) is 6.49. The molecule has 300 valence electrons. The summed E-state index contributed by atoms with van der Waals surface area (Å²) in [4.78, 5) is 12.2. The monoisotopic (exact) mass is 1170 g/mol. The number of halogens is 3. The van der Waals surface area contributed by atoms with E-state index in [1.165, 1.54) is 17.0 Å². The molecule has 1 aliphatic heterocycles. The van der Waals surface area contributed by atoms with Crippen molar-refractivity contribution in [3.8, 4) is 0 Å². The van der Waals surface area contributed by atoms with Crippen molar-refractivity contribution in [3.63, 3.8) is 0 Å². The normalized spacial score (nSPS) is 18.1. The Balaban J connectivity index is 1.74. The van der Waals surface area contributed by atoms with Crippen molar-refractivity contribution in [2.45, 2.75) is 81.0 Å². The predicted octanol–water partition coefficient (Wildman–Crippen LogP) is 7.63. The average Bonchev–Trinajstić information content (AvgIpc) is 3.53. The van der Waals surface area contributed by atoms with Crippen LogP contribution >= 0.6 is 79.1 Å². The number of aromatic nitrogens is 1. The second-order valence-electron chi connectivity index (χ2n) is 12.9. The summed E-state index contributed by atoms with van der Waals surface area (Å²) in [5.74, 6) is -1.35. The van der Waals surface area contributed by atoms with Crippen molar-refractivity contribution in [2.24, 2.45) is 0 Å². The Kier molecular flexibility index (Phi) is 16.0. The summed E-state index contributed by atoms with van der Waals surface area (Å²) in [5, 5.41) is 8.65. The summed E-state index contributed by atoms with van der Waals surface area (Å²) in [6.07, 6.45) is 13.8. The average molecular weight is 1170 g/mol. The van der Waals surface area contributed by atoms with Gasteiger partial charge in [0.2, 0.25) is 5.52 Å². The first kappa shape index (κ1) is 46.2. The van der Waals surface area contributed by atoms with Crippen molar-refractivity contribution in [2.75, 3.05) is 10.7 Å². The van der Waals surface area contributed by atoms with Crippen molar-refractivity contribution in [1.82, 2.24) is 0 Å². The van der Waals surface area contributed by atoms with E-state index in [4.69, 9.17) is 0 Å². The number of aliphatic carboxylic acids is 1. The summed E-state index contributed by atoms with van der Waals surface area (Å²) < 4.78 is 111. The molecule has 3 aromatic rings. The Morgan fingerprint density at radius 2 is 1.65 bits per heavy atom. The van der Waals surface area contributed by atoms with Gasteiger partial charge in [-0.25, -0.2) is 8.42 Å². The van der Waals surface area contributed by atoms with Gasteiger partial charge in [0.25, 0.3) is 25.2 Å². The first-order valence-corrected chi connectivity index (χ1v) is 25.4. The molecule has 4 rings (SSSR count). The fourth-order valence-corrected chi connectivity index (χ4v) is 12.2. The Labute approximate surface area is 366 Å². The van der Waals surface area contributed by atoms with E-state index in [0.717, 1.165) is 32.0 Å². The number of carbonyl (C=O) groups is 1. The number of nitrogens with zero attached hydrogens (tertiary/aromatic N) is 2. The molecule has 0 bridgehead atoms. The van der Waals surface area contributed by atoms with E-state index < -0.39 is 52.0 Å². The summed E-state index contributed by atoms with van der Waals surface area (Å²) in [6.45, 7) is 3.90. The zero-order valence-electron chi connectivity index (χ0n) is 29.6. The Morgan fingerprint density at radius 1 is 0.982 bits per heavy atom. The summed E-state index contributed by atoms with van der Waals surface area (Å²) in [7, 11) is -13.7. The van der Waals surface area contributed by atoms with Gasteiger partial charge in [0.1, 0.15) is 14.8 Å². The van der Waals surface area contributed by atoms with E-state index >= 15 is 0 Å². The highest BCUT2D eigenvalue weighted by molar-refractivity contribution is 14.1. The number of fused-ring (bicyclic) bond motifs is 2. The minimum Gasteiger partial charge on any atom is -0.744 e. The fraction of sp³-hybridized carbons (Fsp3) is 0.371. The SMILES string of the molecule is CCCC(N1\C(=C/C=C/C=C/C=C/c2sc3c(I)c(I)c(I)cc3[n+]2CCCS(=O)(=O)O)C(C)(CCCCC(=O)O)c2cc(S(=O)(=O)[O-])ccc21)S(=O)(=O)O. The maximum absolute atomic E-state index is 12.8. The van der Waals surface area contributed by atoms with Crippen molar-refractivity contribution < 1.29 is 53.4 Å². The van der Waals surface area contributed by atoms with Crippen molar-refractivity contribution in [3.05, 3.63) is 87.7 Å². The van der Waals surface area contributed by atoms with Crippen molar-refractivity contribution in [1.29, 1.82) is 0 Å². The second kappa shape index (κ2) is 19.0. The molecule has 0 amide bonds. The molecule has 1 aliphatic rings. The molecule has 0 spiro atoms. The van der Waals surface area contributed by atoms with Gasteiger partial charge in [-0.05, 0) is 124 Å². The van der Waals surface area contributed by atoms with E-state index in [1.54, 1.807) is 55.6 Å². The van der Waals surface area contributed by atoms with Gasteiger partial charge in [0.15, 0.2) is 11.9 Å². The van der Waals surface area contributed by atoms with Crippen LogP contribution in [0.4, 0.5) is 5.69 Å². The quantitative estimate of drug-likeness (QED) is 0.0281. The molecular weight excluding hydrogens is 1130 g/mol. The van der Waals surface area contributed by atoms with Gasteiger partial charge in [-0.15, -0.1) is 0 Å². The van der Waals surface area contributed by atoms with Crippen LogP contribution in [-0.4, -0.2) is 61.1 Å². The maximum atomic E-state index is 12.8. The molecule has 0 aliphatic carbocycles. The Morgan fingerprint density at radius 3 is 2.27 bits per heavy atom. The lowest BCUT2D eigenvalue weighted by Crippen LogP contribution is -2.41. The number of unbranched alkanes of at least 4 members (excludes halogenated alkanes) is 1. The molecule has 2 heterocycles. The van der Waals surface area contributed by atoms with E-state index in [1.807, 2.05) is 22.8 Å². The number of anilines is 1. The van der Waals surface area contributed by atoms with Gasteiger partial charge in [0.05, 0.1) is 14.2 Å². The van der Waals surface area contributed by atoms with Crippen LogP contribution in [0.3, 0.4) is 0 Å². The number of carboxylic acids is 1. The molecule has 1 aromatic heterocycles. The number of thiazole rings is 1. The van der Waals surface area contributed by atoms with Crippen LogP contribution in [-0.2, 0) is 47.1 Å². The Hall–Kier alpha value is -1.52. The highest BCUT2D eigenvalue weighted by Crippen LogP contribution is 2.53. The second-order valence-corrected chi connectivity index (χ2v) is 21.8. The molecule has 0 saturated heterocycles. The number of rotatable bonds is 18. The molecule has 13 nitrogen and oxygen atoms in total. The third-order valence-electron chi connectivity index (χ3n) is 9.00. The molecule has 2 aromatic carbocycles. The molecule has 20 heteroatoms. The number of hydrogen-bond acceptors (Lipinski definition) is 10. The third-order valence-corrected chi connectivity index (χ3v) is 18.4. The lowest BCUT2D eigenvalue weighted by molar-refractivity contribution is -0.668. The number of carboxylic acid groups (broad SMARTS) is 1. The summed E-state index contributed by atoms with van der Waals surface area (Å²) >= 11 is 8.41. The lowest BCUT2D eigenvalue weighted by atomic mass is 9.77. The first-order valence-electron chi connectivity index (χ1n) is 16.8. The van der Waals surface area contributed by atoms with E-state index in [2.05, 4.69) is 67.8 Å². The predicted molar refractivity (Wildman–Crippen MR) is 237 cm³/mol. The van der Waals surface area contributed by atoms with Crippen molar-refractivity contribution >= 4 is 137 Å². The van der Waals surface area contributed by atoms with E-state index in [0.29, 0.717) is 42.8 Å². The van der Waals surface area contributed by atoms with Gasteiger partial charge in [-0.3, -0.25) is 13.9 Å². The highest BCUT2D eigenvalue weighted by Gasteiger charge is 2.48. The summed E-state index contributed by atoms with van der Waals surface area (Å²) in [6, 6.07) is 5.75. The largest absolute Gasteiger partial charge is 0.744 e. The van der Waals surface area contributed by atoms with Gasteiger partial charge < -0.3 is 14.6 Å². The van der Waals surface area contributed by atoms with Crippen LogP contribution in [0.25, 0.3) is 16.3 Å². The zero-order chi connectivity index (χ0) is 40.9. The van der Waals surface area contributed by atoms with Crippen LogP contribution in [0, 0.1) is 10.7 Å².